The first kappa shape index (κ1) is 17.7. The first-order valence-corrected chi connectivity index (χ1v) is 8.06. The average Bonchev–Trinajstić information content (AvgIpc) is 2.54. The lowest BCUT2D eigenvalue weighted by atomic mass is 10.0. The van der Waals surface area contributed by atoms with Crippen LogP contribution in [0.1, 0.15) is 47.3 Å². The summed E-state index contributed by atoms with van der Waals surface area (Å²) in [6, 6.07) is 11.3. The number of hydrogen-bond acceptors (Lipinski definition) is 3. The van der Waals surface area contributed by atoms with Gasteiger partial charge in [0.1, 0.15) is 5.75 Å². The van der Waals surface area contributed by atoms with Gasteiger partial charge in [-0.05, 0) is 56.0 Å². The Morgan fingerprint density at radius 3 is 2.46 bits per heavy atom. The van der Waals surface area contributed by atoms with Gasteiger partial charge in [0.05, 0.1) is 17.9 Å². The Kier molecular flexibility index (Phi) is 5.74. The molecule has 0 fully saturated rings. The lowest BCUT2D eigenvalue weighted by Crippen LogP contribution is -2.03. The highest BCUT2D eigenvalue weighted by atomic mass is 16.5. The second-order valence-corrected chi connectivity index (χ2v) is 5.80. The van der Waals surface area contributed by atoms with Crippen molar-refractivity contribution >= 4 is 17.4 Å². The van der Waals surface area contributed by atoms with Crippen molar-refractivity contribution in [3.8, 4) is 5.75 Å². The second kappa shape index (κ2) is 7.77. The molecule has 4 heteroatoms. The molecule has 2 rings (SSSR count). The number of ether oxygens (including phenoxy) is 1. The highest BCUT2D eigenvalue weighted by molar-refractivity contribution is 6.03. The third kappa shape index (κ3) is 4.02. The van der Waals surface area contributed by atoms with Gasteiger partial charge < -0.3 is 9.84 Å². The Labute approximate surface area is 142 Å². The first-order valence-electron chi connectivity index (χ1n) is 8.06. The molecule has 0 aromatic heterocycles. The standard InChI is InChI=1S/C20H23NO3/c1-5-10-24-19-12-17(20(22)23)18(11-14(19)3)21-15(4)16-9-7-6-8-13(16)2/h6-9,11-12H,5,10H2,1-4H3,(H,22,23). The number of aromatic carboxylic acids is 1. The molecule has 0 saturated heterocycles. The fraction of sp³-hybridized carbons (Fsp3) is 0.300. The van der Waals surface area contributed by atoms with E-state index >= 15 is 0 Å². The summed E-state index contributed by atoms with van der Waals surface area (Å²) in [5.41, 5.74) is 4.39. The third-order valence-electron chi connectivity index (χ3n) is 3.81. The van der Waals surface area contributed by atoms with E-state index in [1.54, 1.807) is 12.1 Å². The van der Waals surface area contributed by atoms with E-state index in [0.717, 1.165) is 28.8 Å². The van der Waals surface area contributed by atoms with Crippen molar-refractivity contribution in [1.29, 1.82) is 0 Å². The van der Waals surface area contributed by atoms with Crippen molar-refractivity contribution in [2.75, 3.05) is 6.61 Å². The summed E-state index contributed by atoms with van der Waals surface area (Å²) >= 11 is 0. The van der Waals surface area contributed by atoms with E-state index in [9.17, 15) is 9.90 Å². The first-order chi connectivity index (χ1) is 11.4. The van der Waals surface area contributed by atoms with E-state index in [-0.39, 0.29) is 5.56 Å². The molecule has 4 nitrogen and oxygen atoms in total. The average molecular weight is 325 g/mol. The Morgan fingerprint density at radius 2 is 1.83 bits per heavy atom. The minimum Gasteiger partial charge on any atom is -0.493 e. The number of aliphatic imine (C=N–C) groups is 1. The number of hydrogen-bond donors (Lipinski definition) is 1. The van der Waals surface area contributed by atoms with Gasteiger partial charge in [0.25, 0.3) is 0 Å². The Bertz CT molecular complexity index is 778. The van der Waals surface area contributed by atoms with Gasteiger partial charge in [-0.25, -0.2) is 4.79 Å². The van der Waals surface area contributed by atoms with Gasteiger partial charge in [-0.1, -0.05) is 31.2 Å². The molecule has 2 aromatic rings. The predicted molar refractivity (Wildman–Crippen MR) is 97.0 cm³/mol. The third-order valence-corrected chi connectivity index (χ3v) is 3.81. The number of carboxylic acids is 1. The van der Waals surface area contributed by atoms with Gasteiger partial charge in [-0.15, -0.1) is 0 Å². The molecule has 0 unspecified atom stereocenters. The van der Waals surface area contributed by atoms with Crippen LogP contribution in [0.3, 0.4) is 0 Å². The van der Waals surface area contributed by atoms with Crippen LogP contribution in [0.5, 0.6) is 5.75 Å². The highest BCUT2D eigenvalue weighted by Gasteiger charge is 2.15. The molecule has 2 aromatic carbocycles. The number of rotatable bonds is 6. The van der Waals surface area contributed by atoms with Gasteiger partial charge in [-0.2, -0.15) is 0 Å². The molecule has 0 amide bonds. The fourth-order valence-electron chi connectivity index (χ4n) is 2.52. The number of aryl methyl sites for hydroxylation is 2. The van der Waals surface area contributed by atoms with Crippen molar-refractivity contribution in [2.45, 2.75) is 34.1 Å². The smallest absolute Gasteiger partial charge is 0.338 e. The molecule has 0 aliphatic carbocycles. The van der Waals surface area contributed by atoms with Gasteiger partial charge in [0.2, 0.25) is 0 Å². The van der Waals surface area contributed by atoms with Gasteiger partial charge in [0, 0.05) is 5.71 Å². The summed E-state index contributed by atoms with van der Waals surface area (Å²) < 4.78 is 5.63. The highest BCUT2D eigenvalue weighted by Crippen LogP contribution is 2.30. The van der Waals surface area contributed by atoms with E-state index in [4.69, 9.17) is 4.74 Å². The van der Waals surface area contributed by atoms with Crippen LogP contribution in [-0.2, 0) is 0 Å². The number of nitrogens with zero attached hydrogens (tertiary/aromatic N) is 1. The van der Waals surface area contributed by atoms with E-state index < -0.39 is 5.97 Å². The zero-order chi connectivity index (χ0) is 17.7. The van der Waals surface area contributed by atoms with Crippen LogP contribution < -0.4 is 4.74 Å². The molecular formula is C20H23NO3. The maximum absolute atomic E-state index is 11.6. The molecule has 0 bridgehead atoms. The quantitative estimate of drug-likeness (QED) is 0.766. The minimum absolute atomic E-state index is 0.152. The number of carbonyl (C=O) groups is 1. The van der Waals surface area contributed by atoms with Gasteiger partial charge in [-0.3, -0.25) is 4.99 Å². The van der Waals surface area contributed by atoms with Crippen LogP contribution in [-0.4, -0.2) is 23.4 Å². The van der Waals surface area contributed by atoms with Gasteiger partial charge >= 0.3 is 5.97 Å². The van der Waals surface area contributed by atoms with Crippen LogP contribution in [0.25, 0.3) is 0 Å². The molecule has 0 atom stereocenters. The molecule has 0 aliphatic heterocycles. The number of benzene rings is 2. The Hall–Kier alpha value is -2.62. The topological polar surface area (TPSA) is 58.9 Å². The molecule has 1 N–H and O–H groups in total. The van der Waals surface area contributed by atoms with E-state index in [2.05, 4.69) is 4.99 Å². The van der Waals surface area contributed by atoms with Crippen LogP contribution in [0.15, 0.2) is 41.4 Å². The fourth-order valence-corrected chi connectivity index (χ4v) is 2.52. The zero-order valence-electron chi connectivity index (χ0n) is 14.6. The van der Waals surface area contributed by atoms with Crippen LogP contribution in [0.2, 0.25) is 0 Å². The van der Waals surface area contributed by atoms with Crippen LogP contribution >= 0.6 is 0 Å². The minimum atomic E-state index is -1.01. The second-order valence-electron chi connectivity index (χ2n) is 5.80. The van der Waals surface area contributed by atoms with E-state index in [0.29, 0.717) is 18.0 Å². The Morgan fingerprint density at radius 1 is 1.12 bits per heavy atom. The lowest BCUT2D eigenvalue weighted by Gasteiger charge is -2.12. The summed E-state index contributed by atoms with van der Waals surface area (Å²) in [6.07, 6.45) is 0.869. The maximum atomic E-state index is 11.6. The molecule has 126 valence electrons. The monoisotopic (exact) mass is 325 g/mol. The van der Waals surface area contributed by atoms with Crippen molar-refractivity contribution < 1.29 is 14.6 Å². The zero-order valence-corrected chi connectivity index (χ0v) is 14.6. The van der Waals surface area contributed by atoms with Crippen molar-refractivity contribution in [1.82, 2.24) is 0 Å². The summed E-state index contributed by atoms with van der Waals surface area (Å²) in [6.45, 7) is 8.38. The Balaban J connectivity index is 2.49. The summed E-state index contributed by atoms with van der Waals surface area (Å²) in [5, 5.41) is 9.52. The predicted octanol–water partition coefficient (Wildman–Crippen LogP) is 4.93. The van der Waals surface area contributed by atoms with Gasteiger partial charge in [0.15, 0.2) is 0 Å². The van der Waals surface area contributed by atoms with Crippen molar-refractivity contribution in [2.24, 2.45) is 4.99 Å². The lowest BCUT2D eigenvalue weighted by molar-refractivity contribution is 0.0697. The van der Waals surface area contributed by atoms with Crippen LogP contribution in [0, 0.1) is 13.8 Å². The largest absolute Gasteiger partial charge is 0.493 e. The van der Waals surface area contributed by atoms with E-state index in [1.165, 1.54) is 0 Å². The molecule has 0 radical (unpaired) electrons. The normalized spacial score (nSPS) is 11.4. The summed E-state index contributed by atoms with van der Waals surface area (Å²) in [7, 11) is 0. The SMILES string of the molecule is CCCOc1cc(C(=O)O)c(N=C(C)c2ccccc2C)cc1C. The maximum Gasteiger partial charge on any atom is 0.338 e. The summed E-state index contributed by atoms with van der Waals surface area (Å²) in [4.78, 5) is 16.2. The van der Waals surface area contributed by atoms with Crippen molar-refractivity contribution in [3.05, 3.63) is 58.7 Å². The molecule has 24 heavy (non-hydrogen) atoms. The van der Waals surface area contributed by atoms with Crippen LogP contribution in [0.4, 0.5) is 5.69 Å². The molecular weight excluding hydrogens is 302 g/mol. The molecule has 0 heterocycles. The van der Waals surface area contributed by atoms with Crippen molar-refractivity contribution in [3.63, 3.8) is 0 Å². The summed E-state index contributed by atoms with van der Waals surface area (Å²) in [5.74, 6) is -0.408. The van der Waals surface area contributed by atoms with E-state index in [1.807, 2.05) is 52.0 Å². The number of carboxylic acid groups (broad SMARTS) is 1. The molecule has 0 aliphatic rings. The molecule has 0 saturated carbocycles. The molecule has 0 spiro atoms.